The highest BCUT2D eigenvalue weighted by atomic mass is 19.1. The SMILES string of the molecule is COc1cccc(C(NN)C2CCCCCC2)c1F. The molecule has 106 valence electrons. The summed E-state index contributed by atoms with van der Waals surface area (Å²) in [7, 11) is 1.48. The zero-order chi connectivity index (χ0) is 13.7. The molecule has 4 heteroatoms. The molecule has 0 bridgehead atoms. The van der Waals surface area contributed by atoms with Crippen LogP contribution in [0.5, 0.6) is 5.75 Å². The molecule has 3 nitrogen and oxygen atoms in total. The van der Waals surface area contributed by atoms with Crippen molar-refractivity contribution in [1.82, 2.24) is 5.43 Å². The Morgan fingerprint density at radius 1 is 1.26 bits per heavy atom. The largest absolute Gasteiger partial charge is 0.494 e. The van der Waals surface area contributed by atoms with E-state index in [9.17, 15) is 4.39 Å². The van der Waals surface area contributed by atoms with Crippen LogP contribution in [0.3, 0.4) is 0 Å². The van der Waals surface area contributed by atoms with Crippen molar-refractivity contribution in [2.45, 2.75) is 44.6 Å². The molecule has 0 aromatic heterocycles. The zero-order valence-electron chi connectivity index (χ0n) is 11.5. The van der Waals surface area contributed by atoms with E-state index in [1.807, 2.05) is 6.07 Å². The predicted molar refractivity (Wildman–Crippen MR) is 74.2 cm³/mol. The number of rotatable bonds is 4. The topological polar surface area (TPSA) is 47.3 Å². The van der Waals surface area contributed by atoms with E-state index in [0.717, 1.165) is 12.8 Å². The molecule has 2 rings (SSSR count). The summed E-state index contributed by atoms with van der Waals surface area (Å²) in [4.78, 5) is 0. The third-order valence-electron chi connectivity index (χ3n) is 4.10. The van der Waals surface area contributed by atoms with Crippen molar-refractivity contribution in [1.29, 1.82) is 0 Å². The summed E-state index contributed by atoms with van der Waals surface area (Å²) >= 11 is 0. The Labute approximate surface area is 114 Å². The van der Waals surface area contributed by atoms with Crippen molar-refractivity contribution in [2.24, 2.45) is 11.8 Å². The molecule has 1 fully saturated rings. The highest BCUT2D eigenvalue weighted by Crippen LogP contribution is 2.35. The molecule has 0 radical (unpaired) electrons. The van der Waals surface area contributed by atoms with Gasteiger partial charge in [0, 0.05) is 5.56 Å². The molecule has 1 aromatic rings. The summed E-state index contributed by atoms with van der Waals surface area (Å²) in [6, 6.07) is 5.12. The fourth-order valence-electron chi connectivity index (χ4n) is 3.05. The van der Waals surface area contributed by atoms with Gasteiger partial charge < -0.3 is 4.74 Å². The number of ether oxygens (including phenoxy) is 1. The van der Waals surface area contributed by atoms with Gasteiger partial charge in [0.05, 0.1) is 13.2 Å². The number of nitrogens with two attached hydrogens (primary N) is 1. The van der Waals surface area contributed by atoms with Crippen LogP contribution in [0.1, 0.15) is 50.1 Å². The minimum absolute atomic E-state index is 0.131. The van der Waals surface area contributed by atoms with Crippen LogP contribution in [0.15, 0.2) is 18.2 Å². The van der Waals surface area contributed by atoms with Crippen molar-refractivity contribution in [3.8, 4) is 5.75 Å². The highest BCUT2D eigenvalue weighted by molar-refractivity contribution is 5.33. The first kappa shape index (κ1) is 14.3. The number of hydrazine groups is 1. The third kappa shape index (κ3) is 3.25. The number of hydrogen-bond donors (Lipinski definition) is 2. The molecule has 1 aliphatic rings. The number of hydrogen-bond acceptors (Lipinski definition) is 3. The van der Waals surface area contributed by atoms with Crippen molar-refractivity contribution in [3.63, 3.8) is 0 Å². The minimum atomic E-state index is -0.294. The van der Waals surface area contributed by atoms with E-state index in [1.165, 1.54) is 32.8 Å². The van der Waals surface area contributed by atoms with Crippen LogP contribution in [-0.2, 0) is 0 Å². The van der Waals surface area contributed by atoms with Crippen LogP contribution in [0.4, 0.5) is 4.39 Å². The number of nitrogens with one attached hydrogen (secondary N) is 1. The van der Waals surface area contributed by atoms with Crippen LogP contribution in [-0.4, -0.2) is 7.11 Å². The summed E-state index contributed by atoms with van der Waals surface area (Å²) in [5.41, 5.74) is 3.43. The normalized spacial score (nSPS) is 18.9. The Bertz CT molecular complexity index is 403. The molecular formula is C15H23FN2O. The van der Waals surface area contributed by atoms with Gasteiger partial charge in [-0.2, -0.15) is 0 Å². The van der Waals surface area contributed by atoms with Crippen molar-refractivity contribution < 1.29 is 9.13 Å². The molecule has 0 heterocycles. The Hall–Kier alpha value is -1.13. The van der Waals surface area contributed by atoms with E-state index < -0.39 is 0 Å². The standard InChI is InChI=1S/C15H23FN2O/c1-19-13-10-6-9-12(14(13)16)15(18-17)11-7-4-2-3-5-8-11/h6,9-11,15,18H,2-5,7-8,17H2,1H3. The minimum Gasteiger partial charge on any atom is -0.494 e. The van der Waals surface area contributed by atoms with Crippen LogP contribution in [0.25, 0.3) is 0 Å². The van der Waals surface area contributed by atoms with E-state index in [-0.39, 0.29) is 17.6 Å². The first-order chi connectivity index (χ1) is 9.27. The molecule has 1 aliphatic carbocycles. The Balaban J connectivity index is 2.25. The monoisotopic (exact) mass is 266 g/mol. The van der Waals surface area contributed by atoms with Gasteiger partial charge in [-0.3, -0.25) is 11.3 Å². The summed E-state index contributed by atoms with van der Waals surface area (Å²) in [6.45, 7) is 0. The molecule has 1 atom stereocenters. The second kappa shape index (κ2) is 6.87. The zero-order valence-corrected chi connectivity index (χ0v) is 11.5. The lowest BCUT2D eigenvalue weighted by Gasteiger charge is -2.26. The fraction of sp³-hybridized carbons (Fsp3) is 0.600. The summed E-state index contributed by atoms with van der Waals surface area (Å²) in [5, 5.41) is 0. The van der Waals surface area contributed by atoms with Crippen molar-refractivity contribution in [2.75, 3.05) is 7.11 Å². The first-order valence-electron chi connectivity index (χ1n) is 7.06. The molecule has 1 aromatic carbocycles. The van der Waals surface area contributed by atoms with E-state index in [2.05, 4.69) is 5.43 Å². The molecule has 0 spiro atoms. The maximum atomic E-state index is 14.3. The number of benzene rings is 1. The quantitative estimate of drug-likeness (QED) is 0.499. The maximum absolute atomic E-state index is 14.3. The van der Waals surface area contributed by atoms with E-state index in [4.69, 9.17) is 10.6 Å². The molecule has 0 saturated heterocycles. The van der Waals surface area contributed by atoms with Crippen LogP contribution >= 0.6 is 0 Å². The number of methoxy groups -OCH3 is 1. The molecule has 0 aliphatic heterocycles. The van der Waals surface area contributed by atoms with Gasteiger partial charge in [0.1, 0.15) is 0 Å². The summed E-state index contributed by atoms with van der Waals surface area (Å²) in [6.07, 6.45) is 7.16. The lowest BCUT2D eigenvalue weighted by atomic mass is 9.87. The molecule has 3 N–H and O–H groups in total. The van der Waals surface area contributed by atoms with Gasteiger partial charge in [0.2, 0.25) is 0 Å². The summed E-state index contributed by atoms with van der Waals surface area (Å²) in [5.74, 6) is 6.08. The third-order valence-corrected chi connectivity index (χ3v) is 4.10. The number of halogens is 1. The van der Waals surface area contributed by atoms with Gasteiger partial charge >= 0.3 is 0 Å². The first-order valence-corrected chi connectivity index (χ1v) is 7.06. The molecule has 0 amide bonds. The van der Waals surface area contributed by atoms with Crippen LogP contribution in [0, 0.1) is 11.7 Å². The van der Waals surface area contributed by atoms with Crippen LogP contribution < -0.4 is 16.0 Å². The average Bonchev–Trinajstić information content (AvgIpc) is 2.71. The van der Waals surface area contributed by atoms with Gasteiger partial charge in [-0.1, -0.05) is 37.8 Å². The Morgan fingerprint density at radius 3 is 2.53 bits per heavy atom. The lowest BCUT2D eigenvalue weighted by molar-refractivity contribution is 0.314. The maximum Gasteiger partial charge on any atom is 0.169 e. The van der Waals surface area contributed by atoms with Gasteiger partial charge in [-0.25, -0.2) is 4.39 Å². The van der Waals surface area contributed by atoms with Crippen molar-refractivity contribution in [3.05, 3.63) is 29.6 Å². The van der Waals surface area contributed by atoms with Gasteiger partial charge in [-0.15, -0.1) is 0 Å². The molecular weight excluding hydrogens is 243 g/mol. The molecule has 1 unspecified atom stereocenters. The van der Waals surface area contributed by atoms with E-state index >= 15 is 0 Å². The van der Waals surface area contributed by atoms with Gasteiger partial charge in [0.15, 0.2) is 11.6 Å². The van der Waals surface area contributed by atoms with Crippen molar-refractivity contribution >= 4 is 0 Å². The van der Waals surface area contributed by atoms with E-state index in [1.54, 1.807) is 12.1 Å². The smallest absolute Gasteiger partial charge is 0.169 e. The molecule has 19 heavy (non-hydrogen) atoms. The Morgan fingerprint density at radius 2 is 1.95 bits per heavy atom. The lowest BCUT2D eigenvalue weighted by Crippen LogP contribution is -2.34. The second-order valence-electron chi connectivity index (χ2n) is 5.26. The fourth-order valence-corrected chi connectivity index (χ4v) is 3.05. The molecule has 1 saturated carbocycles. The average molecular weight is 266 g/mol. The highest BCUT2D eigenvalue weighted by Gasteiger charge is 2.26. The second-order valence-corrected chi connectivity index (χ2v) is 5.26. The van der Waals surface area contributed by atoms with Gasteiger partial charge in [-0.05, 0) is 24.8 Å². The Kier molecular flexibility index (Phi) is 5.16. The summed E-state index contributed by atoms with van der Waals surface area (Å²) < 4.78 is 19.4. The predicted octanol–water partition coefficient (Wildman–Crippen LogP) is 3.31. The van der Waals surface area contributed by atoms with Crippen LogP contribution in [0.2, 0.25) is 0 Å². The van der Waals surface area contributed by atoms with Gasteiger partial charge in [0.25, 0.3) is 0 Å². The van der Waals surface area contributed by atoms with E-state index in [0.29, 0.717) is 11.5 Å².